The predicted octanol–water partition coefficient (Wildman–Crippen LogP) is 2.13. The third-order valence-electron chi connectivity index (χ3n) is 2.37. The van der Waals surface area contributed by atoms with Gasteiger partial charge < -0.3 is 4.74 Å². The average Bonchev–Trinajstić information content (AvgIpc) is 2.81. The van der Waals surface area contributed by atoms with E-state index < -0.39 is 0 Å². The largest absolute Gasteiger partial charge is 0.496 e. The molecule has 1 aliphatic rings. The highest BCUT2D eigenvalue weighted by Crippen LogP contribution is 2.25. The second-order valence-electron chi connectivity index (χ2n) is 3.44. The Morgan fingerprint density at radius 3 is 3.00 bits per heavy atom. The van der Waals surface area contributed by atoms with Crippen LogP contribution in [0.2, 0.25) is 5.02 Å². The van der Waals surface area contributed by atoms with Crippen molar-refractivity contribution in [2.75, 3.05) is 20.3 Å². The molecule has 1 heterocycles. The number of amides is 1. The second-order valence-corrected chi connectivity index (χ2v) is 3.88. The van der Waals surface area contributed by atoms with Crippen molar-refractivity contribution in [2.24, 2.45) is 0 Å². The molecule has 5 heteroatoms. The number of rotatable bonds is 2. The van der Waals surface area contributed by atoms with Gasteiger partial charge >= 0.3 is 0 Å². The number of ether oxygens (including phenoxy) is 1. The first-order valence-corrected chi connectivity index (χ1v) is 5.38. The molecule has 0 saturated carbocycles. The molecule has 0 aromatic heterocycles. The Labute approximate surface area is 98.7 Å². The van der Waals surface area contributed by atoms with E-state index in [2.05, 4.69) is 0 Å². The Morgan fingerprint density at radius 1 is 1.56 bits per heavy atom. The Balaban J connectivity index is 2.30. The minimum Gasteiger partial charge on any atom is -0.496 e. The van der Waals surface area contributed by atoms with Gasteiger partial charge in [-0.15, -0.1) is 0 Å². The van der Waals surface area contributed by atoms with Crippen LogP contribution in [-0.2, 0) is 4.84 Å². The van der Waals surface area contributed by atoms with Gasteiger partial charge in [0.1, 0.15) is 5.75 Å². The number of halogens is 1. The fraction of sp³-hybridized carbons (Fsp3) is 0.364. The lowest BCUT2D eigenvalue weighted by molar-refractivity contribution is -0.0769. The van der Waals surface area contributed by atoms with Crippen LogP contribution in [0.15, 0.2) is 18.2 Å². The van der Waals surface area contributed by atoms with Crippen LogP contribution in [0.1, 0.15) is 16.8 Å². The molecule has 0 radical (unpaired) electrons. The Morgan fingerprint density at radius 2 is 2.38 bits per heavy atom. The number of hydrogen-bond acceptors (Lipinski definition) is 3. The van der Waals surface area contributed by atoms with Crippen molar-refractivity contribution in [1.29, 1.82) is 0 Å². The number of hydrogen-bond donors (Lipinski definition) is 0. The fourth-order valence-electron chi connectivity index (χ4n) is 1.59. The summed E-state index contributed by atoms with van der Waals surface area (Å²) in [5, 5.41) is 1.84. The van der Waals surface area contributed by atoms with Crippen molar-refractivity contribution >= 4 is 17.5 Å². The smallest absolute Gasteiger partial charge is 0.281 e. The number of hydroxylamine groups is 2. The van der Waals surface area contributed by atoms with Gasteiger partial charge in [0, 0.05) is 5.02 Å². The van der Waals surface area contributed by atoms with Gasteiger partial charge in [0.2, 0.25) is 0 Å². The van der Waals surface area contributed by atoms with Crippen LogP contribution in [-0.4, -0.2) is 31.2 Å². The molecule has 4 nitrogen and oxygen atoms in total. The van der Waals surface area contributed by atoms with Crippen LogP contribution in [0.25, 0.3) is 0 Å². The van der Waals surface area contributed by atoms with E-state index in [-0.39, 0.29) is 5.91 Å². The summed E-state index contributed by atoms with van der Waals surface area (Å²) in [4.78, 5) is 17.2. The highest BCUT2D eigenvalue weighted by molar-refractivity contribution is 6.31. The first-order valence-electron chi connectivity index (χ1n) is 5.00. The molecule has 0 spiro atoms. The molecule has 0 aliphatic carbocycles. The molecular weight excluding hydrogens is 230 g/mol. The van der Waals surface area contributed by atoms with Crippen molar-refractivity contribution in [2.45, 2.75) is 6.42 Å². The van der Waals surface area contributed by atoms with Gasteiger partial charge in [0.15, 0.2) is 0 Å². The maximum absolute atomic E-state index is 12.0. The Hall–Kier alpha value is -1.26. The first kappa shape index (κ1) is 11.2. The minimum atomic E-state index is -0.211. The maximum atomic E-state index is 12.0. The average molecular weight is 242 g/mol. The summed E-state index contributed by atoms with van der Waals surface area (Å²) in [6, 6.07) is 4.94. The molecule has 2 rings (SSSR count). The maximum Gasteiger partial charge on any atom is 0.281 e. The van der Waals surface area contributed by atoms with Gasteiger partial charge in [-0.05, 0) is 24.6 Å². The lowest BCUT2D eigenvalue weighted by Gasteiger charge is -2.15. The molecule has 1 saturated heterocycles. The number of nitrogens with zero attached hydrogens (tertiary/aromatic N) is 1. The van der Waals surface area contributed by atoms with E-state index >= 15 is 0 Å². The third kappa shape index (κ3) is 2.13. The zero-order chi connectivity index (χ0) is 11.5. The summed E-state index contributed by atoms with van der Waals surface area (Å²) in [6.45, 7) is 1.18. The van der Waals surface area contributed by atoms with Crippen molar-refractivity contribution in [3.8, 4) is 5.75 Å². The number of carbonyl (C=O) groups is 1. The normalized spacial score (nSPS) is 15.2. The summed E-state index contributed by atoms with van der Waals surface area (Å²) >= 11 is 5.86. The van der Waals surface area contributed by atoms with E-state index in [0.29, 0.717) is 29.5 Å². The van der Waals surface area contributed by atoms with Gasteiger partial charge in [-0.1, -0.05) is 11.6 Å². The summed E-state index contributed by atoms with van der Waals surface area (Å²) in [5.74, 6) is 0.293. The van der Waals surface area contributed by atoms with Crippen molar-refractivity contribution in [3.63, 3.8) is 0 Å². The van der Waals surface area contributed by atoms with Crippen LogP contribution in [0.3, 0.4) is 0 Å². The SMILES string of the molecule is COc1ccc(Cl)cc1C(=O)N1CCCO1. The number of methoxy groups -OCH3 is 1. The molecule has 0 atom stereocenters. The van der Waals surface area contributed by atoms with E-state index in [4.69, 9.17) is 21.2 Å². The lowest BCUT2D eigenvalue weighted by Crippen LogP contribution is -2.26. The fourth-order valence-corrected chi connectivity index (χ4v) is 1.76. The van der Waals surface area contributed by atoms with Crippen molar-refractivity contribution < 1.29 is 14.4 Å². The van der Waals surface area contributed by atoms with E-state index in [1.54, 1.807) is 18.2 Å². The van der Waals surface area contributed by atoms with Gasteiger partial charge in [-0.3, -0.25) is 9.63 Å². The van der Waals surface area contributed by atoms with Gasteiger partial charge in [0.05, 0.1) is 25.8 Å². The summed E-state index contributed by atoms with van der Waals surface area (Å²) in [5.41, 5.74) is 0.428. The van der Waals surface area contributed by atoms with Crippen LogP contribution in [0.5, 0.6) is 5.75 Å². The molecule has 16 heavy (non-hydrogen) atoms. The second kappa shape index (κ2) is 4.72. The van der Waals surface area contributed by atoms with Crippen molar-refractivity contribution in [1.82, 2.24) is 5.06 Å². The molecule has 1 fully saturated rings. The summed E-state index contributed by atoms with van der Waals surface area (Å²) in [6.07, 6.45) is 0.856. The van der Waals surface area contributed by atoms with E-state index in [9.17, 15) is 4.79 Å². The van der Waals surface area contributed by atoms with E-state index in [1.165, 1.54) is 12.2 Å². The molecule has 1 aromatic rings. The molecule has 0 bridgehead atoms. The van der Waals surface area contributed by atoms with Crippen LogP contribution >= 0.6 is 11.6 Å². The molecule has 0 unspecified atom stereocenters. The minimum absolute atomic E-state index is 0.211. The Kier molecular flexibility index (Phi) is 3.31. The molecule has 1 aliphatic heterocycles. The topological polar surface area (TPSA) is 38.8 Å². The van der Waals surface area contributed by atoms with Gasteiger partial charge in [-0.25, -0.2) is 5.06 Å². The molecule has 86 valence electrons. The molecule has 1 amide bonds. The van der Waals surface area contributed by atoms with E-state index in [0.717, 1.165) is 6.42 Å². The molecular formula is C11H12ClNO3. The van der Waals surface area contributed by atoms with Crippen LogP contribution in [0, 0.1) is 0 Å². The van der Waals surface area contributed by atoms with Gasteiger partial charge in [-0.2, -0.15) is 0 Å². The van der Waals surface area contributed by atoms with Crippen LogP contribution < -0.4 is 4.74 Å². The quantitative estimate of drug-likeness (QED) is 0.796. The Bertz CT molecular complexity index is 402. The van der Waals surface area contributed by atoms with Crippen LogP contribution in [0.4, 0.5) is 0 Å². The first-order chi connectivity index (χ1) is 7.72. The molecule has 0 N–H and O–H groups in total. The summed E-state index contributed by atoms with van der Waals surface area (Å²) in [7, 11) is 1.52. The summed E-state index contributed by atoms with van der Waals surface area (Å²) < 4.78 is 5.12. The predicted molar refractivity (Wildman–Crippen MR) is 59.6 cm³/mol. The van der Waals surface area contributed by atoms with Crippen molar-refractivity contribution in [3.05, 3.63) is 28.8 Å². The number of benzene rings is 1. The van der Waals surface area contributed by atoms with Gasteiger partial charge in [0.25, 0.3) is 5.91 Å². The van der Waals surface area contributed by atoms with E-state index in [1.807, 2.05) is 0 Å². The molecule has 1 aromatic carbocycles. The lowest BCUT2D eigenvalue weighted by atomic mass is 10.2. The highest BCUT2D eigenvalue weighted by Gasteiger charge is 2.23. The third-order valence-corrected chi connectivity index (χ3v) is 2.61. The zero-order valence-electron chi connectivity index (χ0n) is 8.90. The number of carbonyl (C=O) groups excluding carboxylic acids is 1. The monoisotopic (exact) mass is 241 g/mol. The zero-order valence-corrected chi connectivity index (χ0v) is 9.66. The standard InChI is InChI=1S/C11H12ClNO3/c1-15-10-4-3-8(12)7-9(10)11(14)13-5-2-6-16-13/h3-4,7H,2,5-6H2,1H3. The highest BCUT2D eigenvalue weighted by atomic mass is 35.5.